The lowest BCUT2D eigenvalue weighted by molar-refractivity contribution is 0.0321. The molecule has 0 aliphatic rings. The number of aliphatic hydroxyl groups excluding tert-OH is 1. The SMILES string of the molecule is C#CCCCC(O)COCCC. The second-order valence-electron chi connectivity index (χ2n) is 2.83. The first kappa shape index (κ1) is 11.5. The molecule has 12 heavy (non-hydrogen) atoms. The van der Waals surface area contributed by atoms with Crippen LogP contribution in [0.5, 0.6) is 0 Å². The molecule has 0 fully saturated rings. The zero-order valence-electron chi connectivity index (χ0n) is 7.75. The van der Waals surface area contributed by atoms with Gasteiger partial charge in [-0.3, -0.25) is 0 Å². The van der Waals surface area contributed by atoms with Crippen LogP contribution in [0.25, 0.3) is 0 Å². The van der Waals surface area contributed by atoms with Crippen LogP contribution < -0.4 is 0 Å². The predicted molar refractivity (Wildman–Crippen MR) is 49.8 cm³/mol. The molecular formula is C10H18O2. The van der Waals surface area contributed by atoms with Crippen molar-refractivity contribution in [3.8, 4) is 12.3 Å². The Morgan fingerprint density at radius 2 is 2.33 bits per heavy atom. The number of hydrogen-bond donors (Lipinski definition) is 1. The van der Waals surface area contributed by atoms with Crippen LogP contribution in [0.15, 0.2) is 0 Å². The molecule has 1 N–H and O–H groups in total. The Morgan fingerprint density at radius 3 is 2.92 bits per heavy atom. The van der Waals surface area contributed by atoms with Crippen LogP contribution >= 0.6 is 0 Å². The normalized spacial score (nSPS) is 12.4. The summed E-state index contributed by atoms with van der Waals surface area (Å²) < 4.78 is 5.17. The van der Waals surface area contributed by atoms with E-state index in [2.05, 4.69) is 5.92 Å². The van der Waals surface area contributed by atoms with E-state index < -0.39 is 0 Å². The van der Waals surface area contributed by atoms with Gasteiger partial charge in [0.15, 0.2) is 0 Å². The molecule has 70 valence electrons. The molecule has 0 heterocycles. The minimum atomic E-state index is -0.343. The van der Waals surface area contributed by atoms with Gasteiger partial charge in [0.1, 0.15) is 0 Å². The lowest BCUT2D eigenvalue weighted by Crippen LogP contribution is -2.15. The number of hydrogen-bond acceptors (Lipinski definition) is 2. The van der Waals surface area contributed by atoms with Gasteiger partial charge in [-0.25, -0.2) is 0 Å². The van der Waals surface area contributed by atoms with Crippen LogP contribution in [0.2, 0.25) is 0 Å². The first-order valence-corrected chi connectivity index (χ1v) is 4.50. The van der Waals surface area contributed by atoms with E-state index >= 15 is 0 Å². The maximum atomic E-state index is 9.31. The monoisotopic (exact) mass is 170 g/mol. The molecule has 2 heteroatoms. The summed E-state index contributed by atoms with van der Waals surface area (Å²) in [7, 11) is 0. The Morgan fingerprint density at radius 1 is 1.58 bits per heavy atom. The van der Waals surface area contributed by atoms with Gasteiger partial charge in [-0.2, -0.15) is 0 Å². The summed E-state index contributed by atoms with van der Waals surface area (Å²) in [6.07, 6.45) is 8.09. The summed E-state index contributed by atoms with van der Waals surface area (Å²) >= 11 is 0. The van der Waals surface area contributed by atoms with Gasteiger partial charge in [-0.05, 0) is 19.3 Å². The van der Waals surface area contributed by atoms with Gasteiger partial charge in [0.05, 0.1) is 12.7 Å². The average Bonchev–Trinajstić information content (AvgIpc) is 2.06. The molecule has 0 aromatic heterocycles. The van der Waals surface area contributed by atoms with E-state index in [9.17, 15) is 5.11 Å². The molecule has 2 nitrogen and oxygen atoms in total. The number of aliphatic hydroxyl groups is 1. The molecule has 1 atom stereocenters. The highest BCUT2D eigenvalue weighted by molar-refractivity contribution is 4.83. The molecular weight excluding hydrogens is 152 g/mol. The lowest BCUT2D eigenvalue weighted by atomic mass is 10.2. The number of terminal acetylenes is 1. The molecule has 0 bridgehead atoms. The fraction of sp³-hybridized carbons (Fsp3) is 0.800. The summed E-state index contributed by atoms with van der Waals surface area (Å²) in [6.45, 7) is 3.22. The largest absolute Gasteiger partial charge is 0.391 e. The van der Waals surface area contributed by atoms with E-state index in [1.165, 1.54) is 0 Å². The van der Waals surface area contributed by atoms with E-state index in [1.54, 1.807) is 0 Å². The van der Waals surface area contributed by atoms with Crippen LogP contribution in [0.1, 0.15) is 32.6 Å². The van der Waals surface area contributed by atoms with Crippen molar-refractivity contribution in [2.45, 2.75) is 38.7 Å². The molecule has 0 aliphatic carbocycles. The van der Waals surface area contributed by atoms with Gasteiger partial charge in [0, 0.05) is 13.0 Å². The van der Waals surface area contributed by atoms with Gasteiger partial charge >= 0.3 is 0 Å². The Labute approximate surface area is 74.9 Å². The first-order chi connectivity index (χ1) is 5.81. The third-order valence-electron chi connectivity index (χ3n) is 1.52. The number of ether oxygens (including phenoxy) is 1. The van der Waals surface area contributed by atoms with E-state index in [-0.39, 0.29) is 6.10 Å². The van der Waals surface area contributed by atoms with Crippen LogP contribution in [0, 0.1) is 12.3 Å². The van der Waals surface area contributed by atoms with Crippen LogP contribution in [0.3, 0.4) is 0 Å². The minimum Gasteiger partial charge on any atom is -0.391 e. The maximum absolute atomic E-state index is 9.31. The molecule has 0 saturated carbocycles. The summed E-state index contributed by atoms with van der Waals surface area (Å²) in [4.78, 5) is 0. The molecule has 0 aromatic carbocycles. The second-order valence-corrected chi connectivity index (χ2v) is 2.83. The summed E-state index contributed by atoms with van der Waals surface area (Å²) in [5.74, 6) is 2.54. The van der Waals surface area contributed by atoms with E-state index in [1.807, 2.05) is 6.92 Å². The Kier molecular flexibility index (Phi) is 8.20. The van der Waals surface area contributed by atoms with Crippen molar-refractivity contribution < 1.29 is 9.84 Å². The molecule has 0 spiro atoms. The van der Waals surface area contributed by atoms with Crippen molar-refractivity contribution in [2.24, 2.45) is 0 Å². The highest BCUT2D eigenvalue weighted by Gasteiger charge is 2.02. The van der Waals surface area contributed by atoms with Crippen LogP contribution in [-0.4, -0.2) is 24.4 Å². The van der Waals surface area contributed by atoms with Crippen molar-refractivity contribution in [1.29, 1.82) is 0 Å². The standard InChI is InChI=1S/C10H18O2/c1-3-5-6-7-10(11)9-12-8-4-2/h1,10-11H,4-9H2,2H3. The van der Waals surface area contributed by atoms with Crippen molar-refractivity contribution in [3.05, 3.63) is 0 Å². The van der Waals surface area contributed by atoms with Crippen LogP contribution in [-0.2, 0) is 4.74 Å². The Bertz CT molecular complexity index is 126. The topological polar surface area (TPSA) is 29.5 Å². The molecule has 1 unspecified atom stereocenters. The van der Waals surface area contributed by atoms with E-state index in [4.69, 9.17) is 11.2 Å². The molecule has 0 radical (unpaired) electrons. The van der Waals surface area contributed by atoms with E-state index in [0.29, 0.717) is 6.61 Å². The Hall–Kier alpha value is -0.520. The van der Waals surface area contributed by atoms with Crippen molar-refractivity contribution in [1.82, 2.24) is 0 Å². The third-order valence-corrected chi connectivity index (χ3v) is 1.52. The van der Waals surface area contributed by atoms with Gasteiger partial charge in [-0.15, -0.1) is 12.3 Å². The molecule has 0 aromatic rings. The quantitative estimate of drug-likeness (QED) is 0.464. The molecule has 0 aliphatic heterocycles. The van der Waals surface area contributed by atoms with Gasteiger partial charge < -0.3 is 9.84 Å². The predicted octanol–water partition coefficient (Wildman–Crippen LogP) is 1.58. The van der Waals surface area contributed by atoms with E-state index in [0.717, 1.165) is 32.3 Å². The zero-order valence-corrected chi connectivity index (χ0v) is 7.75. The highest BCUT2D eigenvalue weighted by atomic mass is 16.5. The summed E-state index contributed by atoms with van der Waals surface area (Å²) in [6, 6.07) is 0. The van der Waals surface area contributed by atoms with Gasteiger partial charge in [-0.1, -0.05) is 6.92 Å². The van der Waals surface area contributed by atoms with Crippen molar-refractivity contribution in [3.63, 3.8) is 0 Å². The maximum Gasteiger partial charge on any atom is 0.0774 e. The first-order valence-electron chi connectivity index (χ1n) is 4.50. The van der Waals surface area contributed by atoms with Crippen molar-refractivity contribution >= 4 is 0 Å². The fourth-order valence-corrected chi connectivity index (χ4v) is 0.887. The summed E-state index contributed by atoms with van der Waals surface area (Å²) in [5, 5.41) is 9.31. The van der Waals surface area contributed by atoms with Crippen molar-refractivity contribution in [2.75, 3.05) is 13.2 Å². The fourth-order valence-electron chi connectivity index (χ4n) is 0.887. The lowest BCUT2D eigenvalue weighted by Gasteiger charge is -2.09. The average molecular weight is 170 g/mol. The number of rotatable bonds is 7. The molecule has 0 amide bonds. The molecule has 0 saturated heterocycles. The molecule has 0 rings (SSSR count). The number of unbranched alkanes of at least 4 members (excludes halogenated alkanes) is 1. The smallest absolute Gasteiger partial charge is 0.0774 e. The highest BCUT2D eigenvalue weighted by Crippen LogP contribution is 2.00. The minimum absolute atomic E-state index is 0.343. The van der Waals surface area contributed by atoms with Crippen LogP contribution in [0.4, 0.5) is 0 Å². The van der Waals surface area contributed by atoms with Gasteiger partial charge in [0.2, 0.25) is 0 Å². The second kappa shape index (κ2) is 8.58. The third kappa shape index (κ3) is 7.59. The summed E-state index contributed by atoms with van der Waals surface area (Å²) in [5.41, 5.74) is 0. The van der Waals surface area contributed by atoms with Gasteiger partial charge in [0.25, 0.3) is 0 Å². The Balaban J connectivity index is 3.11. The zero-order chi connectivity index (χ0) is 9.23.